The van der Waals surface area contributed by atoms with Gasteiger partial charge in [-0.1, -0.05) is 213 Å². The second-order valence-corrected chi connectivity index (χ2v) is 20.1. The van der Waals surface area contributed by atoms with E-state index >= 15 is 0 Å². The Bertz CT molecular complexity index is 2330. The highest BCUT2D eigenvalue weighted by atomic mass is 31.2. The molecule has 0 aliphatic carbocycles. The molecule has 6 rings (SSSR count). The van der Waals surface area contributed by atoms with Crippen LogP contribution in [0.4, 0.5) is 0 Å². The summed E-state index contributed by atoms with van der Waals surface area (Å²) in [5.41, 5.74) is 3.08. The number of rotatable bonds is 16. The molecule has 0 aromatic heterocycles. The fourth-order valence-corrected chi connectivity index (χ4v) is 9.34. The highest BCUT2D eigenvalue weighted by Crippen LogP contribution is 2.53. The smallest absolute Gasteiger partial charge is 0.395 e. The zero-order valence-corrected chi connectivity index (χ0v) is 39.7. The minimum atomic E-state index is -2.92. The van der Waals surface area contributed by atoms with E-state index in [1.54, 1.807) is 0 Å². The molecule has 0 spiro atoms. The van der Waals surface area contributed by atoms with Gasteiger partial charge in [0.2, 0.25) is 0 Å². The van der Waals surface area contributed by atoms with Crippen molar-refractivity contribution in [1.29, 1.82) is 0 Å². The largest absolute Gasteiger partial charge is 0.745 e. The molecule has 6 aromatic rings. The first-order valence-electron chi connectivity index (χ1n) is 21.2. The van der Waals surface area contributed by atoms with Crippen LogP contribution in [-0.4, -0.2) is 50.0 Å². The number of aliphatic hydroxyl groups excluding tert-OH is 3. The van der Waals surface area contributed by atoms with Gasteiger partial charge in [-0.05, 0) is 55.6 Å². The standard InChI is InChI=1S/C53H60O4.O5P2/c1-48(2,38-21-13-9-14-22-38)42-29-31-44(46(33-42)50(5,6)40-25-17-11-18-26-40)53(57,52(35-54,36-55)37-56)45-32-30-43(49(3,4)39-23-15-10-16-24-39)34-47(45)51(7,8)41-27-19-12-20-28-41;1-6(2)5-7(3)4/h9-34,54-57H,35-37H2,1-8H3;/p+2. The van der Waals surface area contributed by atoms with E-state index in [1.807, 2.05) is 60.7 Å². The molecule has 336 valence electrons. The Morgan fingerprint density at radius 2 is 0.656 bits per heavy atom. The maximum atomic E-state index is 14.2. The van der Waals surface area contributed by atoms with Crippen LogP contribution < -0.4 is 0 Å². The monoisotopic (exact) mass is 904 g/mol. The molecule has 0 bridgehead atoms. The molecule has 9 nitrogen and oxygen atoms in total. The van der Waals surface area contributed by atoms with Crippen LogP contribution in [0, 0.1) is 5.41 Å². The highest BCUT2D eigenvalue weighted by molar-refractivity contribution is 7.46. The summed E-state index contributed by atoms with van der Waals surface area (Å²) < 4.78 is 22.2. The number of benzene rings is 6. The van der Waals surface area contributed by atoms with Gasteiger partial charge in [-0.15, -0.1) is 9.79 Å². The lowest BCUT2D eigenvalue weighted by molar-refractivity contribution is -0.137. The van der Waals surface area contributed by atoms with Crippen LogP contribution in [0.3, 0.4) is 0 Å². The van der Waals surface area contributed by atoms with E-state index in [4.69, 9.17) is 9.79 Å². The fraction of sp³-hybridized carbons (Fsp3) is 0.321. The summed E-state index contributed by atoms with van der Waals surface area (Å²) in [6.07, 6.45) is 0. The summed E-state index contributed by atoms with van der Waals surface area (Å²) in [5, 5.41) is 48.5. The molecule has 0 fully saturated rings. The van der Waals surface area contributed by atoms with Crippen LogP contribution in [0.25, 0.3) is 0 Å². The van der Waals surface area contributed by atoms with Gasteiger partial charge < -0.3 is 20.4 Å². The van der Waals surface area contributed by atoms with Crippen LogP contribution in [-0.2, 0) is 40.7 Å². The van der Waals surface area contributed by atoms with Crippen molar-refractivity contribution in [3.8, 4) is 0 Å². The average Bonchev–Trinajstić information content (AvgIpc) is 3.30. The van der Waals surface area contributed by atoms with Crippen molar-refractivity contribution < 1.29 is 43.7 Å². The Kier molecular flexibility index (Phi) is 15.8. The minimum absolute atomic E-state index is 0.410. The summed E-state index contributed by atoms with van der Waals surface area (Å²) in [6.45, 7) is 15.4. The third-order valence-electron chi connectivity index (χ3n) is 13.4. The fourth-order valence-electron chi connectivity index (χ4n) is 8.86. The molecule has 2 unspecified atom stereocenters. The molecular formula is C53H62O9P2+2. The zero-order chi connectivity index (χ0) is 47.1. The first-order valence-corrected chi connectivity index (χ1v) is 23.5. The SMILES string of the molecule is CC(C)(c1ccccc1)c1ccc(C(O)(c2ccc(C(C)(C)c3ccccc3)cc2C(C)(C)c2ccccc2)C(CO)(CO)CO)c(C(C)(C)c2ccccc2)c1.O=[P+](O)O[P+](=O)O. The number of hydrogen-bond acceptors (Lipinski definition) is 7. The second-order valence-electron chi connectivity index (χ2n) is 18.5. The molecule has 0 saturated heterocycles. The second kappa shape index (κ2) is 20.2. The molecule has 0 heterocycles. The van der Waals surface area contributed by atoms with E-state index in [2.05, 4.69) is 157 Å². The average molecular weight is 905 g/mol. The van der Waals surface area contributed by atoms with E-state index in [-0.39, 0.29) is 0 Å². The molecule has 2 atom stereocenters. The van der Waals surface area contributed by atoms with Gasteiger partial charge in [0.05, 0.1) is 25.2 Å². The summed E-state index contributed by atoms with van der Waals surface area (Å²) in [6, 6.07) is 53.7. The molecule has 0 aliphatic rings. The van der Waals surface area contributed by atoms with Crippen molar-refractivity contribution in [3.05, 3.63) is 213 Å². The molecule has 0 amide bonds. The Hall–Kier alpha value is -4.76. The lowest BCUT2D eigenvalue weighted by atomic mass is 9.58. The lowest BCUT2D eigenvalue weighted by Gasteiger charge is -2.49. The van der Waals surface area contributed by atoms with E-state index in [1.165, 1.54) is 0 Å². The van der Waals surface area contributed by atoms with Crippen molar-refractivity contribution in [2.45, 2.75) is 82.7 Å². The molecule has 64 heavy (non-hydrogen) atoms. The normalized spacial score (nSPS) is 13.2. The summed E-state index contributed by atoms with van der Waals surface area (Å²) in [4.78, 5) is 15.3. The van der Waals surface area contributed by atoms with Crippen molar-refractivity contribution in [3.63, 3.8) is 0 Å². The van der Waals surface area contributed by atoms with Crippen molar-refractivity contribution in [2.24, 2.45) is 5.41 Å². The van der Waals surface area contributed by atoms with E-state index < -0.39 is 69.0 Å². The molecule has 6 aromatic carbocycles. The molecule has 0 radical (unpaired) electrons. The van der Waals surface area contributed by atoms with E-state index in [0.717, 1.165) is 44.5 Å². The topological polar surface area (TPSA) is 165 Å². The van der Waals surface area contributed by atoms with Crippen LogP contribution in [0.1, 0.15) is 111 Å². The maximum absolute atomic E-state index is 14.2. The third kappa shape index (κ3) is 9.90. The predicted octanol–water partition coefficient (Wildman–Crippen LogP) is 10.5. The molecule has 0 aliphatic heterocycles. The van der Waals surface area contributed by atoms with Crippen molar-refractivity contribution in [1.82, 2.24) is 0 Å². The Labute approximate surface area is 380 Å². The Balaban J connectivity index is 0.00000102. The number of hydrogen-bond donors (Lipinski definition) is 6. The van der Waals surface area contributed by atoms with Gasteiger partial charge in [0.25, 0.3) is 0 Å². The molecule has 11 heteroatoms. The Morgan fingerprint density at radius 1 is 0.391 bits per heavy atom. The first kappa shape index (κ1) is 50.2. The van der Waals surface area contributed by atoms with Gasteiger partial charge >= 0.3 is 16.5 Å². The quantitative estimate of drug-likeness (QED) is 0.0519. The summed E-state index contributed by atoms with van der Waals surface area (Å²) >= 11 is 0. The van der Waals surface area contributed by atoms with Gasteiger partial charge in [-0.2, -0.15) is 0 Å². The number of aliphatic hydroxyl groups is 4. The van der Waals surface area contributed by atoms with Crippen LogP contribution >= 0.6 is 16.5 Å². The van der Waals surface area contributed by atoms with Crippen molar-refractivity contribution in [2.75, 3.05) is 19.8 Å². The molecule has 6 N–H and O–H groups in total. The third-order valence-corrected chi connectivity index (χ3v) is 14.5. The molecular weight excluding hydrogens is 843 g/mol. The van der Waals surface area contributed by atoms with Gasteiger partial charge in [0.1, 0.15) is 5.60 Å². The summed E-state index contributed by atoms with van der Waals surface area (Å²) in [5.74, 6) is 0. The first-order chi connectivity index (χ1) is 30.1. The van der Waals surface area contributed by atoms with Crippen LogP contribution in [0.5, 0.6) is 0 Å². The van der Waals surface area contributed by atoms with Crippen molar-refractivity contribution >= 4 is 16.5 Å². The summed E-state index contributed by atoms with van der Waals surface area (Å²) in [7, 11) is -5.85. The van der Waals surface area contributed by atoms with Gasteiger partial charge in [-0.25, -0.2) is 0 Å². The van der Waals surface area contributed by atoms with Gasteiger partial charge in [-0.3, -0.25) is 0 Å². The minimum Gasteiger partial charge on any atom is -0.395 e. The Morgan fingerprint density at radius 3 is 0.891 bits per heavy atom. The van der Waals surface area contributed by atoms with Gasteiger partial charge in [0.15, 0.2) is 4.31 Å². The van der Waals surface area contributed by atoms with Crippen LogP contribution in [0.15, 0.2) is 158 Å². The van der Waals surface area contributed by atoms with E-state index in [9.17, 15) is 29.6 Å². The van der Waals surface area contributed by atoms with E-state index in [0.29, 0.717) is 11.1 Å². The lowest BCUT2D eigenvalue weighted by Crippen LogP contribution is -2.56. The highest BCUT2D eigenvalue weighted by Gasteiger charge is 2.56. The maximum Gasteiger partial charge on any atom is 0.745 e. The zero-order valence-electron chi connectivity index (χ0n) is 37.9. The van der Waals surface area contributed by atoms with Crippen LogP contribution in [0.2, 0.25) is 0 Å². The molecule has 0 saturated carbocycles. The predicted molar refractivity (Wildman–Crippen MR) is 255 cm³/mol. The van der Waals surface area contributed by atoms with Gasteiger partial charge in [0, 0.05) is 30.8 Å².